The van der Waals surface area contributed by atoms with Crippen molar-refractivity contribution >= 4 is 22.9 Å². The molecule has 0 aliphatic rings. The molecule has 1 aromatic carbocycles. The molecule has 110 valence electrons. The minimum Gasteiger partial charge on any atom is -0.419 e. The summed E-state index contributed by atoms with van der Waals surface area (Å²) in [7, 11) is 0. The van der Waals surface area contributed by atoms with Crippen LogP contribution in [0.1, 0.15) is 19.5 Å². The Morgan fingerprint density at radius 3 is 2.59 bits per heavy atom. The molecule has 0 bridgehead atoms. The third-order valence-corrected chi connectivity index (χ3v) is 3.25. The highest BCUT2D eigenvalue weighted by Gasteiger charge is 2.09. The third kappa shape index (κ3) is 2.97. The highest BCUT2D eigenvalue weighted by atomic mass is 16.4. The number of aromatic nitrogens is 1. The van der Waals surface area contributed by atoms with E-state index in [2.05, 4.69) is 9.88 Å². The minimum atomic E-state index is -0.674. The molecule has 2 rings (SSSR count). The Bertz CT molecular complexity index is 848. The van der Waals surface area contributed by atoms with Gasteiger partial charge in [0.25, 0.3) is 0 Å². The van der Waals surface area contributed by atoms with E-state index in [1.54, 1.807) is 24.3 Å². The quantitative estimate of drug-likeness (QED) is 0.804. The van der Waals surface area contributed by atoms with E-state index in [9.17, 15) is 4.79 Å². The first-order valence-corrected chi connectivity index (χ1v) is 6.84. The van der Waals surface area contributed by atoms with Crippen molar-refractivity contribution in [3.05, 3.63) is 39.9 Å². The van der Waals surface area contributed by atoms with Gasteiger partial charge < -0.3 is 9.32 Å². The Morgan fingerprint density at radius 1 is 1.32 bits per heavy atom. The maximum Gasteiger partial charge on any atom is 0.362 e. The molecule has 0 N–H and O–H groups in total. The van der Waals surface area contributed by atoms with Gasteiger partial charge in [-0.25, -0.2) is 9.78 Å². The molecule has 22 heavy (non-hydrogen) atoms. The number of rotatable bonds is 4. The molecule has 0 saturated carbocycles. The van der Waals surface area contributed by atoms with Gasteiger partial charge in [0.2, 0.25) is 0 Å². The van der Waals surface area contributed by atoms with Gasteiger partial charge in [-0.2, -0.15) is 10.5 Å². The predicted molar refractivity (Wildman–Crippen MR) is 83.0 cm³/mol. The second kappa shape index (κ2) is 6.55. The van der Waals surface area contributed by atoms with Crippen molar-refractivity contribution in [3.63, 3.8) is 0 Å². The fraction of sp³-hybridized carbons (Fsp3) is 0.250. The van der Waals surface area contributed by atoms with Crippen molar-refractivity contribution in [2.24, 2.45) is 0 Å². The van der Waals surface area contributed by atoms with Gasteiger partial charge in [0, 0.05) is 24.8 Å². The van der Waals surface area contributed by atoms with Gasteiger partial charge in [0.1, 0.15) is 23.2 Å². The van der Waals surface area contributed by atoms with Gasteiger partial charge in [-0.05, 0) is 32.1 Å². The lowest BCUT2D eigenvalue weighted by Gasteiger charge is -2.20. The van der Waals surface area contributed by atoms with Crippen LogP contribution in [0.3, 0.4) is 0 Å². The Kier molecular flexibility index (Phi) is 4.55. The summed E-state index contributed by atoms with van der Waals surface area (Å²) in [4.78, 5) is 18.2. The average Bonchev–Trinajstić information content (AvgIpc) is 2.54. The molecule has 6 heteroatoms. The third-order valence-electron chi connectivity index (χ3n) is 3.25. The number of allylic oxidation sites excluding steroid dienone is 1. The van der Waals surface area contributed by atoms with Crippen LogP contribution in [0, 0.1) is 22.7 Å². The second-order valence-electron chi connectivity index (χ2n) is 4.49. The van der Waals surface area contributed by atoms with Gasteiger partial charge in [0.15, 0.2) is 11.3 Å². The van der Waals surface area contributed by atoms with Crippen molar-refractivity contribution in [3.8, 4) is 12.1 Å². The Hall–Kier alpha value is -3.12. The molecular weight excluding hydrogens is 280 g/mol. The van der Waals surface area contributed by atoms with E-state index in [1.807, 2.05) is 19.9 Å². The van der Waals surface area contributed by atoms with Gasteiger partial charge in [-0.3, -0.25) is 0 Å². The highest BCUT2D eigenvalue weighted by molar-refractivity contribution is 5.78. The molecule has 0 aliphatic heterocycles. The number of anilines is 1. The monoisotopic (exact) mass is 294 g/mol. The Labute approximate surface area is 127 Å². The first kappa shape index (κ1) is 15.3. The first-order valence-electron chi connectivity index (χ1n) is 6.84. The summed E-state index contributed by atoms with van der Waals surface area (Å²) in [5.74, 6) is 0. The smallest absolute Gasteiger partial charge is 0.362 e. The lowest BCUT2D eigenvalue weighted by atomic mass is 10.2. The predicted octanol–water partition coefficient (Wildman–Crippen LogP) is 2.46. The largest absolute Gasteiger partial charge is 0.419 e. The fourth-order valence-electron chi connectivity index (χ4n) is 2.11. The van der Waals surface area contributed by atoms with Crippen molar-refractivity contribution in [2.45, 2.75) is 13.8 Å². The summed E-state index contributed by atoms with van der Waals surface area (Å²) in [6.07, 6.45) is 1.13. The maximum atomic E-state index is 11.9. The molecule has 1 heterocycles. The highest BCUT2D eigenvalue weighted by Crippen LogP contribution is 2.20. The van der Waals surface area contributed by atoms with Crippen molar-refractivity contribution in [2.75, 3.05) is 18.0 Å². The summed E-state index contributed by atoms with van der Waals surface area (Å²) < 4.78 is 5.25. The number of hydrogen-bond acceptors (Lipinski definition) is 6. The standard InChI is InChI=1S/C16H14N4O2/c1-3-20(4-2)12-5-6-13-15(8-12)22-16(21)14(19-13)7-11(9-17)10-18/h5-8H,3-4H2,1-2H3. The molecule has 0 amide bonds. The van der Waals surface area contributed by atoms with E-state index in [0.717, 1.165) is 24.9 Å². The van der Waals surface area contributed by atoms with E-state index < -0.39 is 5.63 Å². The van der Waals surface area contributed by atoms with Gasteiger partial charge in [-0.1, -0.05) is 0 Å². The second-order valence-corrected chi connectivity index (χ2v) is 4.49. The molecule has 1 aromatic heterocycles. The number of fused-ring (bicyclic) bond motifs is 1. The number of benzene rings is 1. The molecule has 6 nitrogen and oxygen atoms in total. The zero-order chi connectivity index (χ0) is 16.1. The summed E-state index contributed by atoms with van der Waals surface area (Å²) >= 11 is 0. The van der Waals surface area contributed by atoms with E-state index in [4.69, 9.17) is 14.9 Å². The summed E-state index contributed by atoms with van der Waals surface area (Å²) in [6.45, 7) is 5.77. The maximum absolute atomic E-state index is 11.9. The first-order chi connectivity index (χ1) is 10.6. The van der Waals surface area contributed by atoms with Crippen LogP contribution in [-0.4, -0.2) is 18.1 Å². The summed E-state index contributed by atoms with van der Waals surface area (Å²) in [5, 5.41) is 17.5. The van der Waals surface area contributed by atoms with Crippen molar-refractivity contribution in [1.82, 2.24) is 4.98 Å². The summed E-state index contributed by atoms with van der Waals surface area (Å²) in [5.41, 5.74) is 0.895. The summed E-state index contributed by atoms with van der Waals surface area (Å²) in [6, 6.07) is 8.78. The average molecular weight is 294 g/mol. The van der Waals surface area contributed by atoms with Crippen LogP contribution in [-0.2, 0) is 0 Å². The molecule has 0 unspecified atom stereocenters. The lowest BCUT2D eigenvalue weighted by Crippen LogP contribution is -2.21. The van der Waals surface area contributed by atoms with E-state index in [1.165, 1.54) is 0 Å². The molecule has 0 atom stereocenters. The minimum absolute atomic E-state index is 0.0545. The van der Waals surface area contributed by atoms with Gasteiger partial charge in [-0.15, -0.1) is 0 Å². The van der Waals surface area contributed by atoms with Crippen LogP contribution >= 0.6 is 0 Å². The molecule has 0 aliphatic carbocycles. The van der Waals surface area contributed by atoms with Crippen molar-refractivity contribution < 1.29 is 4.42 Å². The Morgan fingerprint density at radius 2 is 2.00 bits per heavy atom. The van der Waals surface area contributed by atoms with Gasteiger partial charge >= 0.3 is 5.63 Å². The van der Waals surface area contributed by atoms with Crippen LogP contribution in [0.5, 0.6) is 0 Å². The number of hydrogen-bond donors (Lipinski definition) is 0. The van der Waals surface area contributed by atoms with Crippen LogP contribution < -0.4 is 10.5 Å². The molecule has 0 radical (unpaired) electrons. The molecule has 2 aromatic rings. The molecular formula is C16H14N4O2. The molecule has 0 fully saturated rings. The van der Waals surface area contributed by atoms with E-state index >= 15 is 0 Å². The normalized spacial score (nSPS) is 9.82. The number of nitrogens with zero attached hydrogens (tertiary/aromatic N) is 4. The van der Waals surface area contributed by atoms with Gasteiger partial charge in [0.05, 0.1) is 0 Å². The topological polar surface area (TPSA) is 93.9 Å². The van der Waals surface area contributed by atoms with Crippen LogP contribution in [0.15, 0.2) is 33.0 Å². The van der Waals surface area contributed by atoms with Crippen LogP contribution in [0.25, 0.3) is 17.2 Å². The molecule has 0 saturated heterocycles. The fourth-order valence-corrected chi connectivity index (χ4v) is 2.11. The van der Waals surface area contributed by atoms with E-state index in [-0.39, 0.29) is 11.3 Å². The zero-order valence-electron chi connectivity index (χ0n) is 12.3. The Balaban J connectivity index is 2.57. The lowest BCUT2D eigenvalue weighted by molar-refractivity contribution is 0.552. The van der Waals surface area contributed by atoms with E-state index in [0.29, 0.717) is 11.1 Å². The SMILES string of the molecule is CCN(CC)c1ccc2nc(C=C(C#N)C#N)c(=O)oc2c1. The number of nitriles is 2. The zero-order valence-corrected chi connectivity index (χ0v) is 12.3. The van der Waals surface area contributed by atoms with Crippen LogP contribution in [0.4, 0.5) is 5.69 Å². The van der Waals surface area contributed by atoms with Crippen molar-refractivity contribution in [1.29, 1.82) is 10.5 Å². The van der Waals surface area contributed by atoms with Crippen LogP contribution in [0.2, 0.25) is 0 Å². The molecule has 0 spiro atoms.